The van der Waals surface area contributed by atoms with Crippen LogP contribution in [0.25, 0.3) is 5.76 Å². The Hall–Kier alpha value is -3.06. The van der Waals surface area contributed by atoms with Gasteiger partial charge in [-0.3, -0.25) is 19.6 Å². The van der Waals surface area contributed by atoms with Crippen molar-refractivity contribution in [2.75, 3.05) is 27.2 Å². The summed E-state index contributed by atoms with van der Waals surface area (Å²) >= 11 is 0. The number of ketones is 1. The van der Waals surface area contributed by atoms with E-state index in [1.807, 2.05) is 19.0 Å². The zero-order chi connectivity index (χ0) is 18.7. The summed E-state index contributed by atoms with van der Waals surface area (Å²) in [5.41, 5.74) is 1.20. The summed E-state index contributed by atoms with van der Waals surface area (Å²) in [5, 5.41) is 10.8. The summed E-state index contributed by atoms with van der Waals surface area (Å²) in [5.74, 6) is -1.50. The van der Waals surface area contributed by atoms with Gasteiger partial charge in [-0.1, -0.05) is 6.07 Å². The van der Waals surface area contributed by atoms with E-state index in [4.69, 9.17) is 0 Å². The van der Waals surface area contributed by atoms with Gasteiger partial charge in [-0.05, 0) is 37.9 Å². The van der Waals surface area contributed by atoms with Gasteiger partial charge in [0, 0.05) is 43.4 Å². The van der Waals surface area contributed by atoms with E-state index >= 15 is 0 Å². The maximum Gasteiger partial charge on any atom is 0.295 e. The van der Waals surface area contributed by atoms with Crippen LogP contribution in [0.2, 0.25) is 0 Å². The number of aliphatic hydroxyl groups excluding tert-OH is 1. The van der Waals surface area contributed by atoms with Gasteiger partial charge < -0.3 is 14.9 Å². The summed E-state index contributed by atoms with van der Waals surface area (Å²) in [7, 11) is 3.79. The monoisotopic (exact) mass is 352 g/mol. The summed E-state index contributed by atoms with van der Waals surface area (Å²) in [6.07, 6.45) is 6.28. The number of likely N-dealkylation sites (N-methyl/N-ethyl adjacent to an activating group) is 1. The maximum atomic E-state index is 12.7. The molecular formula is C19H20N4O3. The molecule has 0 radical (unpaired) electrons. The summed E-state index contributed by atoms with van der Waals surface area (Å²) in [4.78, 5) is 36.8. The van der Waals surface area contributed by atoms with Gasteiger partial charge in [-0.15, -0.1) is 0 Å². The molecule has 1 amide bonds. The number of carbonyl (C=O) groups is 2. The molecule has 7 nitrogen and oxygen atoms in total. The first-order valence-electron chi connectivity index (χ1n) is 8.24. The standard InChI is InChI=1S/C19H20N4O3/c1-22(2)10-11-23-16(14-4-3-7-21-12-14)15(18(25)19(23)26)17(24)13-5-8-20-9-6-13/h3-9,12,16,24H,10-11H2,1-2H3/b17-15+. The molecule has 26 heavy (non-hydrogen) atoms. The van der Waals surface area contributed by atoms with Gasteiger partial charge >= 0.3 is 0 Å². The predicted octanol–water partition coefficient (Wildman–Crippen LogP) is 1.46. The molecule has 3 rings (SSSR count). The quantitative estimate of drug-likeness (QED) is 0.498. The van der Waals surface area contributed by atoms with Gasteiger partial charge in [-0.2, -0.15) is 0 Å². The fourth-order valence-electron chi connectivity index (χ4n) is 2.97. The van der Waals surface area contributed by atoms with Crippen molar-refractivity contribution in [1.82, 2.24) is 19.8 Å². The third-order valence-corrected chi connectivity index (χ3v) is 4.28. The second kappa shape index (κ2) is 7.45. The molecule has 1 unspecified atom stereocenters. The lowest BCUT2D eigenvalue weighted by Gasteiger charge is -2.26. The highest BCUT2D eigenvalue weighted by molar-refractivity contribution is 6.46. The summed E-state index contributed by atoms with van der Waals surface area (Å²) < 4.78 is 0. The number of rotatable bonds is 5. The zero-order valence-electron chi connectivity index (χ0n) is 14.7. The normalized spacial score (nSPS) is 19.3. The lowest BCUT2D eigenvalue weighted by atomic mass is 9.96. The third-order valence-electron chi connectivity index (χ3n) is 4.28. The number of nitrogens with zero attached hydrogens (tertiary/aromatic N) is 4. The second-order valence-electron chi connectivity index (χ2n) is 6.32. The van der Waals surface area contributed by atoms with Crippen LogP contribution in [0.1, 0.15) is 17.2 Å². The van der Waals surface area contributed by atoms with Gasteiger partial charge in [0.2, 0.25) is 0 Å². The van der Waals surface area contributed by atoms with E-state index < -0.39 is 17.7 Å². The molecule has 0 aromatic carbocycles. The van der Waals surface area contributed by atoms with Gasteiger partial charge in [0.15, 0.2) is 0 Å². The molecule has 2 aromatic rings. The number of pyridine rings is 2. The average Bonchev–Trinajstić information content (AvgIpc) is 2.91. The van der Waals surface area contributed by atoms with E-state index in [-0.39, 0.29) is 11.3 Å². The number of aromatic nitrogens is 2. The Morgan fingerprint density at radius 2 is 1.88 bits per heavy atom. The van der Waals surface area contributed by atoms with Crippen LogP contribution in [0.4, 0.5) is 0 Å². The van der Waals surface area contributed by atoms with E-state index in [1.165, 1.54) is 17.3 Å². The summed E-state index contributed by atoms with van der Waals surface area (Å²) in [6, 6.07) is 6.07. The number of carbonyl (C=O) groups excluding carboxylic acids is 2. The fraction of sp³-hybridized carbons (Fsp3) is 0.263. The first-order valence-corrected chi connectivity index (χ1v) is 8.24. The molecule has 0 saturated carbocycles. The average molecular weight is 352 g/mol. The third kappa shape index (κ3) is 3.34. The molecule has 0 spiro atoms. The van der Waals surface area contributed by atoms with E-state index in [2.05, 4.69) is 9.97 Å². The van der Waals surface area contributed by atoms with Crippen LogP contribution in [0.15, 0.2) is 54.6 Å². The minimum absolute atomic E-state index is 0.0768. The SMILES string of the molecule is CN(C)CCN1C(=O)C(=O)/C(=C(/O)c2ccncc2)C1c1cccnc1. The highest BCUT2D eigenvalue weighted by Gasteiger charge is 2.45. The number of aliphatic hydroxyl groups is 1. The van der Waals surface area contributed by atoms with E-state index in [0.717, 1.165) is 0 Å². The second-order valence-corrected chi connectivity index (χ2v) is 6.32. The largest absolute Gasteiger partial charge is 0.507 e. The van der Waals surface area contributed by atoms with Crippen LogP contribution >= 0.6 is 0 Å². The molecule has 1 saturated heterocycles. The first kappa shape index (κ1) is 17.8. The topological polar surface area (TPSA) is 86.6 Å². The van der Waals surface area contributed by atoms with Crippen molar-refractivity contribution >= 4 is 17.4 Å². The van der Waals surface area contributed by atoms with E-state index in [0.29, 0.717) is 24.2 Å². The van der Waals surface area contributed by atoms with Crippen LogP contribution < -0.4 is 0 Å². The number of hydrogen-bond donors (Lipinski definition) is 1. The Morgan fingerprint density at radius 3 is 2.50 bits per heavy atom. The van der Waals surface area contributed by atoms with Gasteiger partial charge in [0.25, 0.3) is 11.7 Å². The molecule has 3 heterocycles. The molecule has 1 atom stereocenters. The molecule has 7 heteroatoms. The van der Waals surface area contributed by atoms with Crippen molar-refractivity contribution < 1.29 is 14.7 Å². The molecule has 2 aromatic heterocycles. The highest BCUT2D eigenvalue weighted by atomic mass is 16.3. The Labute approximate surface area is 151 Å². The molecule has 1 fully saturated rings. The highest BCUT2D eigenvalue weighted by Crippen LogP contribution is 2.38. The number of likely N-dealkylation sites (tertiary alicyclic amines) is 1. The van der Waals surface area contributed by atoms with Gasteiger partial charge in [0.05, 0.1) is 11.6 Å². The van der Waals surface area contributed by atoms with Gasteiger partial charge in [0.1, 0.15) is 5.76 Å². The predicted molar refractivity (Wildman–Crippen MR) is 96.0 cm³/mol. The molecule has 134 valence electrons. The Balaban J connectivity index is 2.12. The van der Waals surface area contributed by atoms with Crippen molar-refractivity contribution in [3.8, 4) is 0 Å². The van der Waals surface area contributed by atoms with Crippen LogP contribution in [-0.4, -0.2) is 63.7 Å². The zero-order valence-corrected chi connectivity index (χ0v) is 14.7. The van der Waals surface area contributed by atoms with Gasteiger partial charge in [-0.25, -0.2) is 0 Å². The van der Waals surface area contributed by atoms with Crippen LogP contribution in [-0.2, 0) is 9.59 Å². The number of Topliss-reactive ketones (excluding diaryl/α,β-unsaturated/α-hetero) is 1. The van der Waals surface area contributed by atoms with E-state index in [9.17, 15) is 14.7 Å². The first-order chi connectivity index (χ1) is 12.5. The molecule has 1 aliphatic rings. The smallest absolute Gasteiger partial charge is 0.295 e. The molecular weight excluding hydrogens is 332 g/mol. The minimum Gasteiger partial charge on any atom is -0.507 e. The van der Waals surface area contributed by atoms with Crippen molar-refractivity contribution in [3.05, 3.63) is 65.8 Å². The Bertz CT molecular complexity index is 834. The van der Waals surface area contributed by atoms with Crippen molar-refractivity contribution in [2.45, 2.75) is 6.04 Å². The van der Waals surface area contributed by atoms with E-state index in [1.54, 1.807) is 36.7 Å². The lowest BCUT2D eigenvalue weighted by Crippen LogP contribution is -2.35. The molecule has 1 N–H and O–H groups in total. The maximum absolute atomic E-state index is 12.7. The number of amides is 1. The van der Waals surface area contributed by atoms with Crippen LogP contribution in [0.3, 0.4) is 0 Å². The Morgan fingerprint density at radius 1 is 1.15 bits per heavy atom. The molecule has 0 aliphatic carbocycles. The Kier molecular flexibility index (Phi) is 5.09. The van der Waals surface area contributed by atoms with Crippen LogP contribution in [0.5, 0.6) is 0 Å². The lowest BCUT2D eigenvalue weighted by molar-refractivity contribution is -0.140. The van der Waals surface area contributed by atoms with Crippen LogP contribution in [0, 0.1) is 0 Å². The van der Waals surface area contributed by atoms with Crippen molar-refractivity contribution in [2.24, 2.45) is 0 Å². The fourth-order valence-corrected chi connectivity index (χ4v) is 2.97. The van der Waals surface area contributed by atoms with Crippen molar-refractivity contribution in [3.63, 3.8) is 0 Å². The van der Waals surface area contributed by atoms with Crippen molar-refractivity contribution in [1.29, 1.82) is 0 Å². The summed E-state index contributed by atoms with van der Waals surface area (Å²) in [6.45, 7) is 0.962. The molecule has 1 aliphatic heterocycles. The minimum atomic E-state index is -0.688. The number of hydrogen-bond acceptors (Lipinski definition) is 6. The molecule has 0 bridgehead atoms.